The Bertz CT molecular complexity index is 580. The third-order valence-electron chi connectivity index (χ3n) is 3.86. The minimum absolute atomic E-state index is 0.549. The van der Waals surface area contributed by atoms with E-state index in [-0.39, 0.29) is 0 Å². The molecule has 1 aromatic carbocycles. The predicted octanol–water partition coefficient (Wildman–Crippen LogP) is 2.08. The molecule has 1 unspecified atom stereocenters. The van der Waals surface area contributed by atoms with Crippen molar-refractivity contribution in [1.82, 2.24) is 14.8 Å². The summed E-state index contributed by atoms with van der Waals surface area (Å²) in [7, 11) is 0. The highest BCUT2D eigenvalue weighted by molar-refractivity contribution is 5.58. The third kappa shape index (κ3) is 2.28. The molecular formula is C15H20N4. The van der Waals surface area contributed by atoms with Crippen molar-refractivity contribution >= 4 is 0 Å². The number of rotatable bonds is 2. The Labute approximate surface area is 113 Å². The van der Waals surface area contributed by atoms with E-state index in [9.17, 15) is 0 Å². The number of nitrogens with zero attached hydrogens (tertiary/aromatic N) is 3. The van der Waals surface area contributed by atoms with Crippen molar-refractivity contribution in [2.45, 2.75) is 33.2 Å². The zero-order chi connectivity index (χ0) is 13.4. The fourth-order valence-electron chi connectivity index (χ4n) is 2.90. The van der Waals surface area contributed by atoms with Gasteiger partial charge in [0.2, 0.25) is 0 Å². The maximum absolute atomic E-state index is 5.81. The summed E-state index contributed by atoms with van der Waals surface area (Å²) in [5.74, 6) is 2.63. The van der Waals surface area contributed by atoms with E-state index < -0.39 is 0 Å². The van der Waals surface area contributed by atoms with E-state index in [1.807, 2.05) is 0 Å². The van der Waals surface area contributed by atoms with Gasteiger partial charge in [-0.15, -0.1) is 10.2 Å². The van der Waals surface area contributed by atoms with Crippen molar-refractivity contribution in [2.75, 3.05) is 6.54 Å². The second kappa shape index (κ2) is 4.78. The topological polar surface area (TPSA) is 56.7 Å². The molecule has 1 aliphatic rings. The summed E-state index contributed by atoms with van der Waals surface area (Å²) in [4.78, 5) is 0. The molecule has 0 spiro atoms. The highest BCUT2D eigenvalue weighted by Gasteiger charge is 2.22. The van der Waals surface area contributed by atoms with Crippen LogP contribution in [0.15, 0.2) is 18.2 Å². The van der Waals surface area contributed by atoms with Crippen molar-refractivity contribution in [1.29, 1.82) is 0 Å². The first-order valence-electron chi connectivity index (χ1n) is 6.88. The standard InChI is InChI=1S/C15H20N4/c1-10-5-11(2)7-13(6-10)15-18-17-14-4-3-12(8-16)9-19(14)15/h5-7,12H,3-4,8-9,16H2,1-2H3. The summed E-state index contributed by atoms with van der Waals surface area (Å²) in [5, 5.41) is 8.72. The number of aromatic nitrogens is 3. The Morgan fingerprint density at radius 2 is 1.95 bits per heavy atom. The quantitative estimate of drug-likeness (QED) is 0.895. The number of nitrogens with two attached hydrogens (primary N) is 1. The average molecular weight is 256 g/mol. The summed E-state index contributed by atoms with van der Waals surface area (Å²) >= 11 is 0. The summed E-state index contributed by atoms with van der Waals surface area (Å²) in [6.45, 7) is 5.92. The molecule has 2 aromatic rings. The van der Waals surface area contributed by atoms with Gasteiger partial charge < -0.3 is 10.3 Å². The van der Waals surface area contributed by atoms with Gasteiger partial charge in [0, 0.05) is 18.5 Å². The van der Waals surface area contributed by atoms with Gasteiger partial charge in [0.15, 0.2) is 5.82 Å². The van der Waals surface area contributed by atoms with Crippen LogP contribution < -0.4 is 5.73 Å². The Morgan fingerprint density at radius 1 is 1.21 bits per heavy atom. The Balaban J connectivity index is 2.04. The first-order chi connectivity index (χ1) is 9.17. The molecule has 0 saturated carbocycles. The number of fused-ring (bicyclic) bond motifs is 1. The van der Waals surface area contributed by atoms with E-state index in [1.165, 1.54) is 11.1 Å². The van der Waals surface area contributed by atoms with E-state index in [0.29, 0.717) is 5.92 Å². The average Bonchev–Trinajstić information content (AvgIpc) is 2.80. The Hall–Kier alpha value is -1.68. The largest absolute Gasteiger partial charge is 0.330 e. The van der Waals surface area contributed by atoms with Gasteiger partial charge in [-0.3, -0.25) is 0 Å². The van der Waals surface area contributed by atoms with Crippen LogP contribution in [0.4, 0.5) is 0 Å². The van der Waals surface area contributed by atoms with Crippen molar-refractivity contribution in [3.8, 4) is 11.4 Å². The van der Waals surface area contributed by atoms with Crippen LogP contribution in [0, 0.1) is 19.8 Å². The van der Waals surface area contributed by atoms with Gasteiger partial charge in [-0.25, -0.2) is 0 Å². The normalized spacial score (nSPS) is 18.4. The predicted molar refractivity (Wildman–Crippen MR) is 75.8 cm³/mol. The van der Waals surface area contributed by atoms with E-state index in [4.69, 9.17) is 5.73 Å². The molecule has 1 aliphatic heterocycles. The molecule has 2 heterocycles. The summed E-state index contributed by atoms with van der Waals surface area (Å²) in [6.07, 6.45) is 2.11. The molecule has 3 rings (SSSR count). The van der Waals surface area contributed by atoms with Crippen LogP contribution in [-0.4, -0.2) is 21.3 Å². The van der Waals surface area contributed by atoms with Crippen molar-refractivity contribution in [2.24, 2.45) is 11.7 Å². The van der Waals surface area contributed by atoms with Crippen LogP contribution in [0.1, 0.15) is 23.4 Å². The fraction of sp³-hybridized carbons (Fsp3) is 0.467. The van der Waals surface area contributed by atoms with Crippen molar-refractivity contribution < 1.29 is 0 Å². The van der Waals surface area contributed by atoms with Gasteiger partial charge >= 0.3 is 0 Å². The van der Waals surface area contributed by atoms with Crippen LogP contribution >= 0.6 is 0 Å². The zero-order valence-electron chi connectivity index (χ0n) is 11.6. The maximum Gasteiger partial charge on any atom is 0.163 e. The molecule has 1 aromatic heterocycles. The van der Waals surface area contributed by atoms with E-state index in [1.54, 1.807) is 0 Å². The number of aryl methyl sites for hydroxylation is 3. The highest BCUT2D eigenvalue weighted by Crippen LogP contribution is 2.26. The monoisotopic (exact) mass is 256 g/mol. The molecule has 4 nitrogen and oxygen atoms in total. The van der Waals surface area contributed by atoms with Crippen molar-refractivity contribution in [3.05, 3.63) is 35.2 Å². The van der Waals surface area contributed by atoms with Crippen LogP contribution in [0.3, 0.4) is 0 Å². The molecule has 19 heavy (non-hydrogen) atoms. The van der Waals surface area contributed by atoms with Crippen LogP contribution in [-0.2, 0) is 13.0 Å². The molecule has 0 amide bonds. The van der Waals surface area contributed by atoms with Crippen LogP contribution in [0.25, 0.3) is 11.4 Å². The lowest BCUT2D eigenvalue weighted by Crippen LogP contribution is -2.26. The summed E-state index contributed by atoms with van der Waals surface area (Å²) in [6, 6.07) is 6.53. The molecular weight excluding hydrogens is 236 g/mol. The molecule has 0 bridgehead atoms. The molecule has 1 atom stereocenters. The Morgan fingerprint density at radius 3 is 2.63 bits per heavy atom. The third-order valence-corrected chi connectivity index (χ3v) is 3.86. The van der Waals surface area contributed by atoms with Gasteiger partial charge in [0.1, 0.15) is 5.82 Å². The minimum Gasteiger partial charge on any atom is -0.330 e. The van der Waals surface area contributed by atoms with Gasteiger partial charge in [-0.1, -0.05) is 17.2 Å². The molecule has 0 radical (unpaired) electrons. The second-order valence-corrected chi connectivity index (χ2v) is 5.57. The van der Waals surface area contributed by atoms with Crippen LogP contribution in [0.2, 0.25) is 0 Å². The van der Waals surface area contributed by atoms with Gasteiger partial charge in [0.05, 0.1) is 0 Å². The lowest BCUT2D eigenvalue weighted by Gasteiger charge is -2.23. The van der Waals surface area contributed by atoms with Gasteiger partial charge in [-0.2, -0.15) is 0 Å². The molecule has 0 fully saturated rings. The van der Waals surface area contributed by atoms with E-state index in [2.05, 4.69) is 46.8 Å². The molecule has 2 N–H and O–H groups in total. The van der Waals surface area contributed by atoms with Gasteiger partial charge in [0.25, 0.3) is 0 Å². The second-order valence-electron chi connectivity index (χ2n) is 5.57. The minimum atomic E-state index is 0.549. The van der Waals surface area contributed by atoms with E-state index in [0.717, 1.165) is 43.1 Å². The first kappa shape index (κ1) is 12.4. The van der Waals surface area contributed by atoms with Gasteiger partial charge in [-0.05, 0) is 44.9 Å². The van der Waals surface area contributed by atoms with Crippen molar-refractivity contribution in [3.63, 3.8) is 0 Å². The SMILES string of the molecule is Cc1cc(C)cc(-c2nnc3n2CC(CN)CC3)c1. The first-order valence-corrected chi connectivity index (χ1v) is 6.88. The van der Waals surface area contributed by atoms with Crippen LogP contribution in [0.5, 0.6) is 0 Å². The molecule has 0 aliphatic carbocycles. The lowest BCUT2D eigenvalue weighted by atomic mass is 9.99. The summed E-state index contributed by atoms with van der Waals surface area (Å²) < 4.78 is 2.25. The smallest absolute Gasteiger partial charge is 0.163 e. The Kier molecular flexibility index (Phi) is 3.11. The lowest BCUT2D eigenvalue weighted by molar-refractivity contribution is 0.375. The molecule has 100 valence electrons. The zero-order valence-corrected chi connectivity index (χ0v) is 11.6. The fourth-order valence-corrected chi connectivity index (χ4v) is 2.90. The molecule has 4 heteroatoms. The highest BCUT2D eigenvalue weighted by atomic mass is 15.3. The maximum atomic E-state index is 5.81. The molecule has 0 saturated heterocycles. The number of benzene rings is 1. The number of hydrogen-bond donors (Lipinski definition) is 1. The van der Waals surface area contributed by atoms with E-state index >= 15 is 0 Å². The number of hydrogen-bond acceptors (Lipinski definition) is 3. The summed E-state index contributed by atoms with van der Waals surface area (Å²) in [5.41, 5.74) is 9.50.